The fourth-order valence-electron chi connectivity index (χ4n) is 6.95. The van der Waals surface area contributed by atoms with E-state index >= 15 is 0 Å². The molecule has 4 aliphatic rings. The molecule has 0 bridgehead atoms. The van der Waals surface area contributed by atoms with E-state index in [0.29, 0.717) is 17.4 Å². The summed E-state index contributed by atoms with van der Waals surface area (Å²) in [5.41, 5.74) is 1.70. The van der Waals surface area contributed by atoms with Gasteiger partial charge in [-0.2, -0.15) is 0 Å². The fraction of sp³-hybridized carbons (Fsp3) is 0.762. The number of ketones is 1. The third kappa shape index (κ3) is 2.35. The molecule has 7 atom stereocenters. The lowest BCUT2D eigenvalue weighted by Crippen LogP contribution is -2.56. The SMILES string of the molecule is CO[C@@H]1CC[C@H]2[C@@H]3CCC4=CC(=O)C(CCl)=C[C@]4(C)[C@H]3[C@@H](O)C[C@]12C. The molecular weight excluding hydrogens is 336 g/mol. The highest BCUT2D eigenvalue weighted by atomic mass is 35.5. The number of carbonyl (C=O) groups excluding carboxylic acids is 1. The second-order valence-electron chi connectivity index (χ2n) is 9.03. The van der Waals surface area contributed by atoms with Gasteiger partial charge in [0.1, 0.15) is 0 Å². The average Bonchev–Trinajstić information content (AvgIpc) is 2.90. The number of rotatable bonds is 2. The van der Waals surface area contributed by atoms with Crippen molar-refractivity contribution in [2.24, 2.45) is 28.6 Å². The summed E-state index contributed by atoms with van der Waals surface area (Å²) in [7, 11) is 1.81. The van der Waals surface area contributed by atoms with Crippen molar-refractivity contribution in [3.05, 3.63) is 23.3 Å². The number of alkyl halides is 1. The lowest BCUT2D eigenvalue weighted by molar-refractivity contribution is -0.135. The highest BCUT2D eigenvalue weighted by Gasteiger charge is 2.61. The van der Waals surface area contributed by atoms with E-state index < -0.39 is 0 Å². The smallest absolute Gasteiger partial charge is 0.182 e. The lowest BCUT2D eigenvalue weighted by atomic mass is 9.47. The molecule has 3 fully saturated rings. The summed E-state index contributed by atoms with van der Waals surface area (Å²) in [4.78, 5) is 12.3. The second-order valence-corrected chi connectivity index (χ2v) is 9.30. The van der Waals surface area contributed by atoms with Crippen LogP contribution in [0.15, 0.2) is 23.3 Å². The number of ether oxygens (including phenoxy) is 1. The summed E-state index contributed by atoms with van der Waals surface area (Å²) in [5.74, 6) is 1.55. The van der Waals surface area contributed by atoms with E-state index in [-0.39, 0.29) is 40.6 Å². The van der Waals surface area contributed by atoms with E-state index in [0.717, 1.165) is 25.7 Å². The summed E-state index contributed by atoms with van der Waals surface area (Å²) < 4.78 is 5.80. The number of hydrogen-bond donors (Lipinski definition) is 1. The number of carbonyl (C=O) groups is 1. The van der Waals surface area contributed by atoms with Gasteiger partial charge in [-0.25, -0.2) is 0 Å². The molecule has 0 saturated heterocycles. The van der Waals surface area contributed by atoms with Crippen LogP contribution in [0.5, 0.6) is 0 Å². The molecule has 138 valence electrons. The first-order valence-corrected chi connectivity index (χ1v) is 10.1. The predicted molar refractivity (Wildman–Crippen MR) is 98.5 cm³/mol. The molecule has 0 aromatic heterocycles. The van der Waals surface area contributed by atoms with Gasteiger partial charge in [0.2, 0.25) is 0 Å². The Labute approximate surface area is 155 Å². The molecule has 4 rings (SSSR count). The Balaban J connectivity index is 1.75. The van der Waals surface area contributed by atoms with Gasteiger partial charge in [0, 0.05) is 24.0 Å². The van der Waals surface area contributed by atoms with Gasteiger partial charge in [0.15, 0.2) is 5.78 Å². The van der Waals surface area contributed by atoms with E-state index in [1.54, 1.807) is 6.08 Å². The molecule has 0 aliphatic heterocycles. The summed E-state index contributed by atoms with van der Waals surface area (Å²) in [6, 6.07) is 0. The van der Waals surface area contributed by atoms with Crippen molar-refractivity contribution in [2.45, 2.75) is 58.2 Å². The van der Waals surface area contributed by atoms with Gasteiger partial charge in [-0.15, -0.1) is 11.6 Å². The zero-order valence-corrected chi connectivity index (χ0v) is 16.2. The number of allylic oxidation sites excluding steroid dienone is 4. The van der Waals surface area contributed by atoms with Gasteiger partial charge in [0.25, 0.3) is 0 Å². The normalized spacial score (nSPS) is 49.0. The first-order chi connectivity index (χ1) is 11.8. The molecule has 0 spiro atoms. The van der Waals surface area contributed by atoms with Crippen molar-refractivity contribution < 1.29 is 14.6 Å². The average molecular weight is 365 g/mol. The van der Waals surface area contributed by atoms with Gasteiger partial charge in [-0.3, -0.25) is 4.79 Å². The molecule has 25 heavy (non-hydrogen) atoms. The van der Waals surface area contributed by atoms with Crippen molar-refractivity contribution in [1.82, 2.24) is 0 Å². The largest absolute Gasteiger partial charge is 0.393 e. The Morgan fingerprint density at radius 2 is 2.08 bits per heavy atom. The van der Waals surface area contributed by atoms with E-state index in [2.05, 4.69) is 19.9 Å². The fourth-order valence-corrected chi connectivity index (χ4v) is 7.16. The van der Waals surface area contributed by atoms with Crippen molar-refractivity contribution in [3.8, 4) is 0 Å². The molecule has 3 nitrogen and oxygen atoms in total. The number of aliphatic hydroxyl groups excluding tert-OH is 1. The number of hydrogen-bond acceptors (Lipinski definition) is 3. The van der Waals surface area contributed by atoms with Crippen molar-refractivity contribution in [3.63, 3.8) is 0 Å². The Kier molecular flexibility index (Phi) is 4.22. The third-order valence-electron chi connectivity index (χ3n) is 8.02. The summed E-state index contributed by atoms with van der Waals surface area (Å²) in [6.07, 6.45) is 8.86. The molecule has 4 aliphatic carbocycles. The molecular formula is C21H29ClO3. The van der Waals surface area contributed by atoms with Gasteiger partial charge in [-0.1, -0.05) is 25.5 Å². The van der Waals surface area contributed by atoms with Gasteiger partial charge in [-0.05, 0) is 55.4 Å². The quantitative estimate of drug-likeness (QED) is 0.756. The highest BCUT2D eigenvalue weighted by molar-refractivity contribution is 6.24. The maximum absolute atomic E-state index is 12.3. The Morgan fingerprint density at radius 1 is 1.32 bits per heavy atom. The van der Waals surface area contributed by atoms with Gasteiger partial charge < -0.3 is 9.84 Å². The van der Waals surface area contributed by atoms with E-state index in [1.807, 2.05) is 7.11 Å². The number of methoxy groups -OCH3 is 1. The molecule has 0 unspecified atom stereocenters. The third-order valence-corrected chi connectivity index (χ3v) is 8.31. The monoisotopic (exact) mass is 364 g/mol. The minimum absolute atomic E-state index is 0.0522. The number of fused-ring (bicyclic) bond motifs is 5. The van der Waals surface area contributed by atoms with Gasteiger partial charge >= 0.3 is 0 Å². The first-order valence-electron chi connectivity index (χ1n) is 9.59. The van der Waals surface area contributed by atoms with E-state index in [9.17, 15) is 9.90 Å². The number of halogens is 1. The Hall–Kier alpha value is -0.640. The Morgan fingerprint density at radius 3 is 2.76 bits per heavy atom. The van der Waals surface area contributed by atoms with E-state index in [1.165, 1.54) is 12.0 Å². The molecule has 0 radical (unpaired) electrons. The highest BCUT2D eigenvalue weighted by Crippen LogP contribution is 2.65. The van der Waals surface area contributed by atoms with Crippen molar-refractivity contribution >= 4 is 17.4 Å². The van der Waals surface area contributed by atoms with Crippen LogP contribution in [-0.2, 0) is 9.53 Å². The molecule has 4 heteroatoms. The zero-order valence-electron chi connectivity index (χ0n) is 15.4. The van der Waals surface area contributed by atoms with Crippen LogP contribution in [-0.4, -0.2) is 36.1 Å². The number of aliphatic hydroxyl groups is 1. The Bertz CT molecular complexity index is 654. The van der Waals surface area contributed by atoms with Crippen LogP contribution in [0.25, 0.3) is 0 Å². The predicted octanol–water partition coefficient (Wildman–Crippen LogP) is 3.89. The first kappa shape index (κ1) is 17.8. The minimum Gasteiger partial charge on any atom is -0.393 e. The van der Waals surface area contributed by atoms with Crippen molar-refractivity contribution in [2.75, 3.05) is 13.0 Å². The molecule has 0 amide bonds. The molecule has 3 saturated carbocycles. The van der Waals surface area contributed by atoms with Crippen LogP contribution in [0.2, 0.25) is 0 Å². The van der Waals surface area contributed by atoms with Crippen LogP contribution in [0.3, 0.4) is 0 Å². The van der Waals surface area contributed by atoms with Crippen LogP contribution < -0.4 is 0 Å². The van der Waals surface area contributed by atoms with Crippen LogP contribution in [0, 0.1) is 28.6 Å². The van der Waals surface area contributed by atoms with Crippen LogP contribution in [0.1, 0.15) is 46.0 Å². The standard InChI is InChI=1S/C21H29ClO3/c1-20-9-12(11-22)16(23)8-13(20)4-5-14-15-6-7-18(25-3)21(15,2)10-17(24)19(14)20/h8-9,14-15,17-19,24H,4-7,10-11H2,1-3H3/t14-,15-,17-,18+,19+,20-,21-/m0/s1. The summed E-state index contributed by atoms with van der Waals surface area (Å²) in [5, 5.41) is 11.2. The molecule has 0 aromatic carbocycles. The topological polar surface area (TPSA) is 46.5 Å². The molecule has 1 N–H and O–H groups in total. The van der Waals surface area contributed by atoms with Gasteiger partial charge in [0.05, 0.1) is 18.1 Å². The summed E-state index contributed by atoms with van der Waals surface area (Å²) >= 11 is 6.03. The van der Waals surface area contributed by atoms with E-state index in [4.69, 9.17) is 16.3 Å². The van der Waals surface area contributed by atoms with Crippen LogP contribution in [0.4, 0.5) is 0 Å². The molecule has 0 heterocycles. The lowest BCUT2D eigenvalue weighted by Gasteiger charge is -2.58. The van der Waals surface area contributed by atoms with Crippen molar-refractivity contribution in [1.29, 1.82) is 0 Å². The zero-order chi connectivity index (χ0) is 18.0. The van der Waals surface area contributed by atoms with Crippen LogP contribution >= 0.6 is 11.6 Å². The second kappa shape index (κ2) is 5.94. The molecule has 0 aromatic rings. The maximum Gasteiger partial charge on any atom is 0.182 e. The maximum atomic E-state index is 12.3. The minimum atomic E-state index is -0.364. The summed E-state index contributed by atoms with van der Waals surface area (Å²) in [6.45, 7) is 4.53.